The molecule has 0 aliphatic heterocycles. The number of nitrogen functional groups attached to an aromatic ring is 1. The topological polar surface area (TPSA) is 75.3 Å². The minimum Gasteiger partial charge on any atom is -0.392 e. The molecule has 0 saturated carbocycles. The molecule has 0 saturated heterocycles. The molecule has 0 radical (unpaired) electrons. The van der Waals surface area contributed by atoms with Crippen LogP contribution in [-0.2, 0) is 6.61 Å². The number of amides is 1. The first-order chi connectivity index (χ1) is 6.19. The van der Waals surface area contributed by atoms with Crippen LogP contribution in [0.2, 0.25) is 0 Å². The molecule has 0 bridgehead atoms. The van der Waals surface area contributed by atoms with Gasteiger partial charge >= 0.3 is 0 Å². The van der Waals surface area contributed by atoms with Gasteiger partial charge in [0, 0.05) is 11.1 Å². The summed E-state index contributed by atoms with van der Waals surface area (Å²) in [6.45, 7) is -0.447. The van der Waals surface area contributed by atoms with E-state index in [0.29, 0.717) is 0 Å². The normalized spacial score (nSPS) is 9.77. The molecule has 1 aromatic carbocycles. The summed E-state index contributed by atoms with van der Waals surface area (Å²) in [5.41, 5.74) is 2.20. The van der Waals surface area contributed by atoms with Gasteiger partial charge in [-0.05, 0) is 18.2 Å². The average Bonchev–Trinajstić information content (AvgIpc) is 2.17. The van der Waals surface area contributed by atoms with Crippen molar-refractivity contribution in [3.05, 3.63) is 35.1 Å². The molecule has 1 rings (SSSR count). The lowest BCUT2D eigenvalue weighted by molar-refractivity contribution is 0.0953. The van der Waals surface area contributed by atoms with Crippen LogP contribution >= 0.6 is 0 Å². The summed E-state index contributed by atoms with van der Waals surface area (Å²) in [7, 11) is 0. The highest BCUT2D eigenvalue weighted by atomic mass is 19.1. The minimum atomic E-state index is -0.545. The number of rotatable bonds is 2. The second-order valence-corrected chi connectivity index (χ2v) is 2.44. The van der Waals surface area contributed by atoms with Crippen LogP contribution in [-0.4, -0.2) is 11.0 Å². The summed E-state index contributed by atoms with van der Waals surface area (Å²) < 4.78 is 12.8. The van der Waals surface area contributed by atoms with E-state index in [1.807, 2.05) is 5.43 Å². The van der Waals surface area contributed by atoms with E-state index in [1.165, 1.54) is 12.1 Å². The van der Waals surface area contributed by atoms with E-state index < -0.39 is 18.3 Å². The van der Waals surface area contributed by atoms with E-state index in [-0.39, 0.29) is 11.1 Å². The van der Waals surface area contributed by atoms with Crippen molar-refractivity contribution in [2.45, 2.75) is 6.61 Å². The maximum Gasteiger partial charge on any atom is 0.265 e. The van der Waals surface area contributed by atoms with Gasteiger partial charge in [0.1, 0.15) is 5.82 Å². The fraction of sp³-hybridized carbons (Fsp3) is 0.125. The Morgan fingerprint density at radius 3 is 2.85 bits per heavy atom. The van der Waals surface area contributed by atoms with Crippen molar-refractivity contribution < 1.29 is 14.3 Å². The summed E-state index contributed by atoms with van der Waals surface area (Å²) >= 11 is 0. The Bertz CT molecular complexity index is 328. The highest BCUT2D eigenvalue weighted by Gasteiger charge is 2.07. The van der Waals surface area contributed by atoms with Gasteiger partial charge in [-0.2, -0.15) is 0 Å². The van der Waals surface area contributed by atoms with Crippen LogP contribution in [0.4, 0.5) is 4.39 Å². The number of hydrogen-bond acceptors (Lipinski definition) is 3. The molecule has 13 heavy (non-hydrogen) atoms. The Morgan fingerprint density at radius 1 is 1.62 bits per heavy atom. The molecule has 0 spiro atoms. The van der Waals surface area contributed by atoms with Gasteiger partial charge in [-0.15, -0.1) is 0 Å². The smallest absolute Gasteiger partial charge is 0.265 e. The van der Waals surface area contributed by atoms with Gasteiger partial charge in [-0.1, -0.05) is 0 Å². The van der Waals surface area contributed by atoms with Crippen LogP contribution in [0, 0.1) is 5.82 Å². The molecule has 4 nitrogen and oxygen atoms in total. The predicted octanol–water partition coefficient (Wildman–Crippen LogP) is -0.0785. The Labute approximate surface area is 74.1 Å². The highest BCUT2D eigenvalue weighted by Crippen LogP contribution is 2.10. The molecular formula is C8H9FN2O2. The molecule has 70 valence electrons. The molecule has 4 N–H and O–H groups in total. The lowest BCUT2D eigenvalue weighted by Gasteiger charge is -2.02. The quantitative estimate of drug-likeness (QED) is 0.342. The second-order valence-electron chi connectivity index (χ2n) is 2.44. The van der Waals surface area contributed by atoms with Crippen molar-refractivity contribution in [3.63, 3.8) is 0 Å². The number of halogens is 1. The van der Waals surface area contributed by atoms with Gasteiger partial charge in [0.2, 0.25) is 0 Å². The summed E-state index contributed by atoms with van der Waals surface area (Å²) in [5, 5.41) is 8.69. The van der Waals surface area contributed by atoms with E-state index in [0.717, 1.165) is 6.07 Å². The minimum absolute atomic E-state index is 0.0705. The summed E-state index contributed by atoms with van der Waals surface area (Å²) in [6.07, 6.45) is 0. The number of benzene rings is 1. The maximum absolute atomic E-state index is 12.8. The van der Waals surface area contributed by atoms with Crippen LogP contribution in [0.15, 0.2) is 18.2 Å². The fourth-order valence-corrected chi connectivity index (χ4v) is 0.920. The number of aliphatic hydroxyl groups excluding tert-OH is 1. The van der Waals surface area contributed by atoms with Crippen LogP contribution in [0.25, 0.3) is 0 Å². The first kappa shape index (κ1) is 9.63. The maximum atomic E-state index is 12.8. The average molecular weight is 184 g/mol. The SMILES string of the molecule is NNC(=O)c1ccc(F)c(CO)c1. The first-order valence-electron chi connectivity index (χ1n) is 3.59. The molecule has 0 heterocycles. The monoisotopic (exact) mass is 184 g/mol. The van der Waals surface area contributed by atoms with Crippen LogP contribution < -0.4 is 11.3 Å². The molecule has 0 unspecified atom stereocenters. The van der Waals surface area contributed by atoms with Gasteiger partial charge in [0.15, 0.2) is 0 Å². The molecule has 5 heteroatoms. The molecule has 0 aromatic heterocycles. The van der Waals surface area contributed by atoms with Gasteiger partial charge in [0.25, 0.3) is 5.91 Å². The van der Waals surface area contributed by atoms with Crippen molar-refractivity contribution in [3.8, 4) is 0 Å². The van der Waals surface area contributed by atoms with E-state index in [9.17, 15) is 9.18 Å². The zero-order valence-electron chi connectivity index (χ0n) is 6.75. The number of aliphatic hydroxyl groups is 1. The third-order valence-corrected chi connectivity index (χ3v) is 1.61. The van der Waals surface area contributed by atoms with Gasteiger partial charge < -0.3 is 5.11 Å². The van der Waals surface area contributed by atoms with E-state index in [2.05, 4.69) is 0 Å². The standard InChI is InChI=1S/C8H9FN2O2/c9-7-2-1-5(8(13)11-10)3-6(7)4-12/h1-3,12H,4,10H2,(H,11,13). The van der Waals surface area contributed by atoms with Gasteiger partial charge in [0.05, 0.1) is 6.61 Å². The molecule has 1 aromatic rings. The van der Waals surface area contributed by atoms with Gasteiger partial charge in [-0.25, -0.2) is 10.2 Å². The van der Waals surface area contributed by atoms with Crippen molar-refractivity contribution in [2.75, 3.05) is 0 Å². The van der Waals surface area contributed by atoms with E-state index >= 15 is 0 Å². The van der Waals surface area contributed by atoms with E-state index in [4.69, 9.17) is 10.9 Å². The molecule has 0 aliphatic carbocycles. The lowest BCUT2D eigenvalue weighted by atomic mass is 10.1. The van der Waals surface area contributed by atoms with Crippen LogP contribution in [0.3, 0.4) is 0 Å². The Hall–Kier alpha value is -1.46. The summed E-state index contributed by atoms with van der Waals surface area (Å²) in [4.78, 5) is 11.0. The molecular weight excluding hydrogens is 175 g/mol. The summed E-state index contributed by atoms with van der Waals surface area (Å²) in [6, 6.07) is 3.64. The number of nitrogens with one attached hydrogen (secondary N) is 1. The number of hydrazine groups is 1. The number of nitrogens with two attached hydrogens (primary N) is 1. The molecule has 0 aliphatic rings. The van der Waals surface area contributed by atoms with Crippen molar-refractivity contribution >= 4 is 5.91 Å². The largest absolute Gasteiger partial charge is 0.392 e. The highest BCUT2D eigenvalue weighted by molar-refractivity contribution is 5.93. The fourth-order valence-electron chi connectivity index (χ4n) is 0.920. The molecule has 1 amide bonds. The zero-order valence-corrected chi connectivity index (χ0v) is 6.75. The predicted molar refractivity (Wildman–Crippen MR) is 44.0 cm³/mol. The molecule has 0 atom stereocenters. The number of carbonyl (C=O) groups excluding carboxylic acids is 1. The third-order valence-electron chi connectivity index (χ3n) is 1.61. The second kappa shape index (κ2) is 3.97. The molecule has 0 fully saturated rings. The van der Waals surface area contributed by atoms with Crippen LogP contribution in [0.5, 0.6) is 0 Å². The zero-order chi connectivity index (χ0) is 9.84. The lowest BCUT2D eigenvalue weighted by Crippen LogP contribution is -2.30. The van der Waals surface area contributed by atoms with Crippen molar-refractivity contribution in [1.29, 1.82) is 0 Å². The van der Waals surface area contributed by atoms with Crippen LogP contribution in [0.1, 0.15) is 15.9 Å². The Morgan fingerprint density at radius 2 is 2.31 bits per heavy atom. The number of hydrogen-bond donors (Lipinski definition) is 3. The first-order valence-corrected chi connectivity index (χ1v) is 3.59. The number of carbonyl (C=O) groups is 1. The Kier molecular flexibility index (Phi) is 2.94. The Balaban J connectivity index is 3.06. The van der Waals surface area contributed by atoms with Crippen molar-refractivity contribution in [1.82, 2.24) is 5.43 Å². The van der Waals surface area contributed by atoms with Gasteiger partial charge in [-0.3, -0.25) is 10.2 Å². The summed E-state index contributed by atoms with van der Waals surface area (Å²) in [5.74, 6) is 3.81. The van der Waals surface area contributed by atoms with E-state index in [1.54, 1.807) is 0 Å². The third kappa shape index (κ3) is 2.01. The van der Waals surface area contributed by atoms with Crippen molar-refractivity contribution in [2.24, 2.45) is 5.84 Å².